The number of phosphoric ester groups is 1. The number of phosphoric acid groups is 1. The smallest absolute Gasteiger partial charge is 0.462 e. The first-order chi connectivity index (χ1) is 34.0. The van der Waals surface area contributed by atoms with Crippen LogP contribution in [0, 0.1) is 0 Å². The minimum atomic E-state index is -4.38. The van der Waals surface area contributed by atoms with Crippen molar-refractivity contribution in [1.82, 2.24) is 0 Å². The number of unbranched alkanes of at least 4 members (excludes halogenated alkanes) is 38. The van der Waals surface area contributed by atoms with Crippen LogP contribution >= 0.6 is 7.82 Å². The fraction of sp³-hybridized carbons (Fsp3) is 0.900. The van der Waals surface area contributed by atoms with Gasteiger partial charge >= 0.3 is 19.8 Å². The summed E-state index contributed by atoms with van der Waals surface area (Å²) in [5, 5.41) is 0. The van der Waals surface area contributed by atoms with E-state index in [4.69, 9.17) is 18.5 Å². The van der Waals surface area contributed by atoms with Crippen LogP contribution in [0.2, 0.25) is 0 Å². The van der Waals surface area contributed by atoms with Gasteiger partial charge in [-0.1, -0.05) is 263 Å². The van der Waals surface area contributed by atoms with E-state index in [2.05, 4.69) is 38.2 Å². The number of hydrogen-bond acceptors (Lipinski definition) is 7. The summed E-state index contributed by atoms with van der Waals surface area (Å²) >= 11 is 0. The summed E-state index contributed by atoms with van der Waals surface area (Å²) in [7, 11) is 1.49. The van der Waals surface area contributed by atoms with Crippen molar-refractivity contribution < 1.29 is 42.1 Å². The van der Waals surface area contributed by atoms with E-state index in [1.165, 1.54) is 225 Å². The Labute approximate surface area is 434 Å². The fourth-order valence-corrected chi connectivity index (χ4v) is 9.56. The van der Waals surface area contributed by atoms with E-state index in [9.17, 15) is 19.0 Å². The number of allylic oxidation sites excluding steroid dienone is 4. The molecule has 0 heterocycles. The van der Waals surface area contributed by atoms with E-state index in [-0.39, 0.29) is 25.6 Å². The van der Waals surface area contributed by atoms with E-state index in [1.807, 2.05) is 21.1 Å². The Balaban J connectivity index is 3.96. The van der Waals surface area contributed by atoms with Crippen LogP contribution in [0.3, 0.4) is 0 Å². The highest BCUT2D eigenvalue weighted by molar-refractivity contribution is 7.47. The van der Waals surface area contributed by atoms with E-state index >= 15 is 0 Å². The van der Waals surface area contributed by atoms with Crippen LogP contribution in [0.5, 0.6) is 0 Å². The Hall–Kier alpha value is -1.51. The van der Waals surface area contributed by atoms with Crippen molar-refractivity contribution in [2.24, 2.45) is 0 Å². The lowest BCUT2D eigenvalue weighted by molar-refractivity contribution is -0.870. The molecule has 10 heteroatoms. The molecule has 70 heavy (non-hydrogen) atoms. The van der Waals surface area contributed by atoms with Gasteiger partial charge in [0.2, 0.25) is 0 Å². The van der Waals surface area contributed by atoms with E-state index in [1.54, 1.807) is 0 Å². The number of esters is 2. The van der Waals surface area contributed by atoms with Crippen molar-refractivity contribution in [3.8, 4) is 0 Å². The Morgan fingerprint density at radius 1 is 0.443 bits per heavy atom. The molecule has 1 N–H and O–H groups in total. The second-order valence-electron chi connectivity index (χ2n) is 21.7. The number of carbonyl (C=O) groups excluding carboxylic acids is 2. The van der Waals surface area contributed by atoms with Crippen LogP contribution in [-0.2, 0) is 32.7 Å². The fourth-order valence-electron chi connectivity index (χ4n) is 8.81. The summed E-state index contributed by atoms with van der Waals surface area (Å²) in [5.41, 5.74) is 0. The molecule has 0 aromatic carbocycles. The molecule has 0 fully saturated rings. The number of nitrogens with zero attached hydrogens (tertiary/aromatic N) is 1. The van der Waals surface area contributed by atoms with Gasteiger partial charge in [-0.3, -0.25) is 18.6 Å². The van der Waals surface area contributed by atoms with Crippen molar-refractivity contribution in [2.75, 3.05) is 47.5 Å². The van der Waals surface area contributed by atoms with Crippen LogP contribution in [0.15, 0.2) is 24.3 Å². The predicted molar refractivity (Wildman–Crippen MR) is 298 cm³/mol. The second kappa shape index (κ2) is 52.4. The molecule has 0 aliphatic heterocycles. The van der Waals surface area contributed by atoms with Crippen molar-refractivity contribution in [3.05, 3.63) is 24.3 Å². The lowest BCUT2D eigenvalue weighted by Gasteiger charge is -2.24. The Morgan fingerprint density at radius 3 is 1.13 bits per heavy atom. The van der Waals surface area contributed by atoms with Crippen LogP contribution in [0.4, 0.5) is 0 Å². The zero-order valence-electron chi connectivity index (χ0n) is 47.0. The number of quaternary nitrogens is 1. The lowest BCUT2D eigenvalue weighted by atomic mass is 10.0. The number of ether oxygens (including phenoxy) is 2. The van der Waals surface area contributed by atoms with Gasteiger partial charge in [0, 0.05) is 12.8 Å². The average Bonchev–Trinajstić information content (AvgIpc) is 3.32. The van der Waals surface area contributed by atoms with Gasteiger partial charge in [-0.25, -0.2) is 4.57 Å². The van der Waals surface area contributed by atoms with Crippen LogP contribution < -0.4 is 0 Å². The standard InChI is InChI=1S/C60H116NO8P/c1-6-8-10-12-14-16-18-20-21-22-23-24-25-26-27-28-29-30-31-32-33-34-35-36-37-38-39-41-43-45-47-49-51-53-60(63)69-58(57-68-70(64,65)67-55-54-61(3,4)5)56-66-59(62)52-50-48-46-44-42-40-19-17-15-13-11-9-7-2/h18,20,22-23,58H,6-17,19,21,24-57H2,1-5H3/p+1/b20-18-,23-22-. The van der Waals surface area contributed by atoms with Gasteiger partial charge in [0.15, 0.2) is 6.10 Å². The molecule has 0 aliphatic carbocycles. The third-order valence-electron chi connectivity index (χ3n) is 13.5. The third kappa shape index (κ3) is 55.8. The molecule has 0 spiro atoms. The number of rotatable bonds is 56. The molecule has 0 saturated heterocycles. The molecule has 0 aromatic heterocycles. The molecule has 0 rings (SSSR count). The molecular weight excluding hydrogens is 894 g/mol. The van der Waals surface area contributed by atoms with Gasteiger partial charge in [0.25, 0.3) is 0 Å². The summed E-state index contributed by atoms with van der Waals surface area (Å²) in [5.74, 6) is -0.780. The van der Waals surface area contributed by atoms with Gasteiger partial charge in [0.1, 0.15) is 19.8 Å². The Morgan fingerprint density at radius 2 is 0.771 bits per heavy atom. The molecule has 414 valence electrons. The lowest BCUT2D eigenvalue weighted by Crippen LogP contribution is -2.37. The summed E-state index contributed by atoms with van der Waals surface area (Å²) < 4.78 is 34.5. The summed E-state index contributed by atoms with van der Waals surface area (Å²) in [6.07, 6.45) is 62.7. The topological polar surface area (TPSA) is 108 Å². The number of likely N-dealkylation sites (N-methyl/N-ethyl adjacent to an activating group) is 1. The van der Waals surface area contributed by atoms with E-state index in [0.29, 0.717) is 23.9 Å². The van der Waals surface area contributed by atoms with Gasteiger partial charge in [-0.05, 0) is 44.9 Å². The van der Waals surface area contributed by atoms with Crippen LogP contribution in [0.25, 0.3) is 0 Å². The highest BCUT2D eigenvalue weighted by Crippen LogP contribution is 2.43. The molecule has 0 radical (unpaired) electrons. The summed E-state index contributed by atoms with van der Waals surface area (Å²) in [6.45, 7) is 4.46. The first-order valence-corrected chi connectivity index (χ1v) is 31.6. The average molecular weight is 1010 g/mol. The monoisotopic (exact) mass is 1010 g/mol. The first-order valence-electron chi connectivity index (χ1n) is 30.1. The minimum absolute atomic E-state index is 0.0355. The van der Waals surface area contributed by atoms with Crippen LogP contribution in [0.1, 0.15) is 296 Å². The van der Waals surface area contributed by atoms with Crippen LogP contribution in [-0.4, -0.2) is 74.9 Å². The summed E-state index contributed by atoms with van der Waals surface area (Å²) in [4.78, 5) is 35.6. The van der Waals surface area contributed by atoms with E-state index in [0.717, 1.165) is 38.5 Å². The highest BCUT2D eigenvalue weighted by Gasteiger charge is 2.27. The second-order valence-corrected chi connectivity index (χ2v) is 23.2. The quantitative estimate of drug-likeness (QED) is 0.0211. The third-order valence-corrected chi connectivity index (χ3v) is 14.5. The van der Waals surface area contributed by atoms with Crippen molar-refractivity contribution in [1.29, 1.82) is 0 Å². The van der Waals surface area contributed by atoms with Gasteiger partial charge in [-0.15, -0.1) is 0 Å². The molecule has 0 aliphatic rings. The maximum absolute atomic E-state index is 12.8. The molecule has 0 aromatic rings. The minimum Gasteiger partial charge on any atom is -0.462 e. The normalized spacial score (nSPS) is 13.4. The van der Waals surface area contributed by atoms with Gasteiger partial charge in [-0.2, -0.15) is 0 Å². The largest absolute Gasteiger partial charge is 0.472 e. The SMILES string of the molecule is CCCCCCC/C=C\C/C=C\CCCCCCCCCCCCCCCCCCCCCCCC(=O)OC(COC(=O)CCCCCCCCCCCCCCC)COP(=O)(O)OCC[N+](C)(C)C. The first kappa shape index (κ1) is 68.5. The zero-order valence-corrected chi connectivity index (χ0v) is 47.9. The molecule has 2 atom stereocenters. The molecule has 0 saturated carbocycles. The maximum Gasteiger partial charge on any atom is 0.472 e. The predicted octanol–water partition coefficient (Wildman–Crippen LogP) is 18.6. The number of carbonyl (C=O) groups is 2. The Bertz CT molecular complexity index is 1240. The van der Waals surface area contributed by atoms with E-state index < -0.39 is 26.5 Å². The number of hydrogen-bond donors (Lipinski definition) is 1. The van der Waals surface area contributed by atoms with Crippen molar-refractivity contribution >= 4 is 19.8 Å². The molecule has 0 amide bonds. The zero-order chi connectivity index (χ0) is 51.3. The molecular formula is C60H117NO8P+. The van der Waals surface area contributed by atoms with Gasteiger partial charge < -0.3 is 18.9 Å². The Kier molecular flexibility index (Phi) is 51.2. The highest BCUT2D eigenvalue weighted by atomic mass is 31.2. The van der Waals surface area contributed by atoms with Gasteiger partial charge in [0.05, 0.1) is 27.7 Å². The molecule has 0 bridgehead atoms. The maximum atomic E-state index is 12.8. The molecule has 9 nitrogen and oxygen atoms in total. The van der Waals surface area contributed by atoms with Crippen molar-refractivity contribution in [3.63, 3.8) is 0 Å². The molecule has 2 unspecified atom stereocenters. The van der Waals surface area contributed by atoms with Crippen molar-refractivity contribution in [2.45, 2.75) is 302 Å². The summed E-state index contributed by atoms with van der Waals surface area (Å²) in [6, 6.07) is 0.